The van der Waals surface area contributed by atoms with E-state index in [0.717, 1.165) is 41.9 Å². The van der Waals surface area contributed by atoms with Gasteiger partial charge in [0, 0.05) is 29.9 Å². The lowest BCUT2D eigenvalue weighted by atomic mass is 9.84. The molecule has 1 atom stereocenters. The Kier molecular flexibility index (Phi) is 3.18. The van der Waals surface area contributed by atoms with Crippen LogP contribution in [0.2, 0.25) is 0 Å². The van der Waals surface area contributed by atoms with Crippen molar-refractivity contribution < 1.29 is 0 Å². The highest BCUT2D eigenvalue weighted by atomic mass is 15.1. The van der Waals surface area contributed by atoms with Gasteiger partial charge in [0.25, 0.3) is 0 Å². The standard InChI is InChI=1S/C19H22N4/c1-23-10-8-13-5-6-15(11-14(13)12-23)19(21)17-3-2-4-18(20)16(17)7-9-22-19/h2-7,9,11,22H,8,10,12,20-21H2,1H3. The Morgan fingerprint density at radius 1 is 1.17 bits per heavy atom. The molecule has 1 unspecified atom stereocenters. The molecule has 2 aliphatic heterocycles. The Hall–Kier alpha value is -2.30. The van der Waals surface area contributed by atoms with Crippen molar-refractivity contribution in [1.29, 1.82) is 0 Å². The average molecular weight is 306 g/mol. The number of rotatable bonds is 1. The van der Waals surface area contributed by atoms with Gasteiger partial charge in [-0.15, -0.1) is 0 Å². The topological polar surface area (TPSA) is 67.3 Å². The van der Waals surface area contributed by atoms with Crippen LogP contribution in [0.5, 0.6) is 0 Å². The normalized spacial score (nSPS) is 23.0. The van der Waals surface area contributed by atoms with Crippen LogP contribution in [0.15, 0.2) is 42.6 Å². The lowest BCUT2D eigenvalue weighted by molar-refractivity contribution is 0.312. The second-order valence-electron chi connectivity index (χ2n) is 6.57. The summed E-state index contributed by atoms with van der Waals surface area (Å²) in [6.07, 6.45) is 4.98. The molecule has 0 spiro atoms. The summed E-state index contributed by atoms with van der Waals surface area (Å²) in [7, 11) is 2.16. The number of fused-ring (bicyclic) bond motifs is 2. The van der Waals surface area contributed by atoms with Gasteiger partial charge in [0.15, 0.2) is 0 Å². The third kappa shape index (κ3) is 2.22. The summed E-state index contributed by atoms with van der Waals surface area (Å²) in [6.45, 7) is 2.08. The minimum atomic E-state index is -0.746. The predicted molar refractivity (Wildman–Crippen MR) is 94.5 cm³/mol. The molecule has 0 aromatic heterocycles. The number of hydrogen-bond acceptors (Lipinski definition) is 4. The zero-order valence-corrected chi connectivity index (χ0v) is 13.3. The van der Waals surface area contributed by atoms with Crippen molar-refractivity contribution in [3.63, 3.8) is 0 Å². The fourth-order valence-corrected chi connectivity index (χ4v) is 3.63. The first kappa shape index (κ1) is 14.3. The molecule has 2 heterocycles. The zero-order chi connectivity index (χ0) is 16.0. The van der Waals surface area contributed by atoms with Crippen molar-refractivity contribution in [1.82, 2.24) is 10.2 Å². The molecule has 4 heteroatoms. The second-order valence-corrected chi connectivity index (χ2v) is 6.57. The number of nitrogens with zero attached hydrogens (tertiary/aromatic N) is 1. The Labute approximate surface area is 136 Å². The van der Waals surface area contributed by atoms with E-state index in [4.69, 9.17) is 11.5 Å². The van der Waals surface area contributed by atoms with E-state index >= 15 is 0 Å². The minimum Gasteiger partial charge on any atom is -0.398 e. The molecule has 0 radical (unpaired) electrons. The smallest absolute Gasteiger partial charge is 0.139 e. The van der Waals surface area contributed by atoms with Crippen molar-refractivity contribution >= 4 is 11.8 Å². The highest BCUT2D eigenvalue weighted by molar-refractivity contribution is 5.71. The maximum Gasteiger partial charge on any atom is 0.139 e. The molecular formula is C19H22N4. The Bertz CT molecular complexity index is 796. The van der Waals surface area contributed by atoms with Crippen LogP contribution < -0.4 is 16.8 Å². The number of benzene rings is 2. The quantitative estimate of drug-likeness (QED) is 0.705. The van der Waals surface area contributed by atoms with Crippen LogP contribution in [0.1, 0.15) is 27.8 Å². The molecule has 0 saturated carbocycles. The van der Waals surface area contributed by atoms with Crippen molar-refractivity contribution in [2.24, 2.45) is 5.73 Å². The fourth-order valence-electron chi connectivity index (χ4n) is 3.63. The monoisotopic (exact) mass is 306 g/mol. The minimum absolute atomic E-state index is 0.746. The number of hydrogen-bond donors (Lipinski definition) is 3. The largest absolute Gasteiger partial charge is 0.398 e. The van der Waals surface area contributed by atoms with Crippen LogP contribution >= 0.6 is 0 Å². The summed E-state index contributed by atoms with van der Waals surface area (Å²) < 4.78 is 0. The molecule has 0 amide bonds. The first-order valence-corrected chi connectivity index (χ1v) is 8.01. The summed E-state index contributed by atoms with van der Waals surface area (Å²) in [5.74, 6) is 0. The average Bonchev–Trinajstić information content (AvgIpc) is 2.55. The molecule has 5 N–H and O–H groups in total. The van der Waals surface area contributed by atoms with E-state index in [-0.39, 0.29) is 0 Å². The molecule has 0 aliphatic carbocycles. The molecule has 118 valence electrons. The summed E-state index contributed by atoms with van der Waals surface area (Å²) >= 11 is 0. The second kappa shape index (κ2) is 5.11. The third-order valence-corrected chi connectivity index (χ3v) is 4.99. The molecule has 2 aromatic rings. The number of nitrogens with one attached hydrogen (secondary N) is 1. The fraction of sp³-hybridized carbons (Fsp3) is 0.263. The van der Waals surface area contributed by atoms with Crippen LogP contribution in [0.25, 0.3) is 6.08 Å². The highest BCUT2D eigenvalue weighted by Gasteiger charge is 2.33. The summed E-state index contributed by atoms with van der Waals surface area (Å²) in [6, 6.07) is 12.5. The van der Waals surface area contributed by atoms with Gasteiger partial charge in [-0.1, -0.05) is 30.3 Å². The van der Waals surface area contributed by atoms with Crippen LogP contribution in [-0.2, 0) is 18.6 Å². The highest BCUT2D eigenvalue weighted by Crippen LogP contribution is 2.35. The van der Waals surface area contributed by atoms with Gasteiger partial charge in [0.1, 0.15) is 5.66 Å². The SMILES string of the molecule is CN1CCc2ccc(C3(N)NC=Cc4c(N)cccc43)cc2C1. The molecule has 4 nitrogen and oxygen atoms in total. The first-order chi connectivity index (χ1) is 11.1. The van der Waals surface area contributed by atoms with Gasteiger partial charge in [-0.05, 0) is 48.5 Å². The molecule has 4 rings (SSSR count). The Balaban J connectivity index is 1.84. The lowest BCUT2D eigenvalue weighted by Gasteiger charge is -2.36. The van der Waals surface area contributed by atoms with Crippen molar-refractivity contribution in [3.05, 3.63) is 70.4 Å². The van der Waals surface area contributed by atoms with Gasteiger partial charge in [-0.3, -0.25) is 0 Å². The Morgan fingerprint density at radius 2 is 2.04 bits per heavy atom. The van der Waals surface area contributed by atoms with Crippen molar-refractivity contribution in [2.75, 3.05) is 19.3 Å². The van der Waals surface area contributed by atoms with Crippen molar-refractivity contribution in [2.45, 2.75) is 18.6 Å². The van der Waals surface area contributed by atoms with E-state index in [1.165, 1.54) is 11.1 Å². The summed E-state index contributed by atoms with van der Waals surface area (Å²) in [5, 5.41) is 3.34. The number of likely N-dealkylation sites (N-methyl/N-ethyl adjacent to an activating group) is 1. The Morgan fingerprint density at radius 3 is 2.91 bits per heavy atom. The van der Waals surface area contributed by atoms with Gasteiger partial charge in [0.05, 0.1) is 0 Å². The molecule has 0 saturated heterocycles. The number of nitrogen functional groups attached to an aromatic ring is 1. The molecule has 0 bridgehead atoms. The maximum absolute atomic E-state index is 6.80. The zero-order valence-electron chi connectivity index (χ0n) is 13.3. The van der Waals surface area contributed by atoms with E-state index < -0.39 is 5.66 Å². The van der Waals surface area contributed by atoms with Gasteiger partial charge < -0.3 is 21.7 Å². The summed E-state index contributed by atoms with van der Waals surface area (Å²) in [4.78, 5) is 2.34. The van der Waals surface area contributed by atoms with Crippen LogP contribution in [0, 0.1) is 0 Å². The molecule has 2 aromatic carbocycles. The van der Waals surface area contributed by atoms with E-state index in [1.54, 1.807) is 0 Å². The maximum atomic E-state index is 6.80. The lowest BCUT2D eigenvalue weighted by Crippen LogP contribution is -2.51. The number of nitrogens with two attached hydrogens (primary N) is 2. The third-order valence-electron chi connectivity index (χ3n) is 4.99. The molecule has 0 fully saturated rings. The van der Waals surface area contributed by atoms with Gasteiger partial charge in [0.2, 0.25) is 0 Å². The summed E-state index contributed by atoms with van der Waals surface area (Å²) in [5.41, 5.74) is 18.8. The molecule has 2 aliphatic rings. The van der Waals surface area contributed by atoms with E-state index in [9.17, 15) is 0 Å². The van der Waals surface area contributed by atoms with Crippen LogP contribution in [-0.4, -0.2) is 18.5 Å². The van der Waals surface area contributed by atoms with Gasteiger partial charge >= 0.3 is 0 Å². The van der Waals surface area contributed by atoms with E-state index in [1.807, 2.05) is 30.5 Å². The van der Waals surface area contributed by atoms with E-state index in [0.29, 0.717) is 0 Å². The van der Waals surface area contributed by atoms with Crippen LogP contribution in [0.3, 0.4) is 0 Å². The number of anilines is 1. The van der Waals surface area contributed by atoms with Gasteiger partial charge in [-0.2, -0.15) is 0 Å². The first-order valence-electron chi connectivity index (χ1n) is 8.01. The molecular weight excluding hydrogens is 284 g/mol. The molecule has 23 heavy (non-hydrogen) atoms. The van der Waals surface area contributed by atoms with Gasteiger partial charge in [-0.25, -0.2) is 0 Å². The van der Waals surface area contributed by atoms with Crippen molar-refractivity contribution in [3.8, 4) is 0 Å². The predicted octanol–water partition coefficient (Wildman–Crippen LogP) is 1.99. The van der Waals surface area contributed by atoms with Crippen LogP contribution in [0.4, 0.5) is 5.69 Å². The van der Waals surface area contributed by atoms with E-state index in [2.05, 4.69) is 35.5 Å².